The Morgan fingerprint density at radius 1 is 0.667 bits per heavy atom. The number of carbonyl (C=O) groups is 9. The second-order valence-corrected chi connectivity index (χ2v) is 28.1. The van der Waals surface area contributed by atoms with E-state index in [1.807, 2.05) is 13.8 Å². The van der Waals surface area contributed by atoms with Gasteiger partial charge in [-0.05, 0) is 56.2 Å². The number of aryl methyl sites for hydroxylation is 1. The summed E-state index contributed by atoms with van der Waals surface area (Å²) in [5.74, 6) is -7.01. The van der Waals surface area contributed by atoms with Crippen molar-refractivity contribution in [1.82, 2.24) is 61.5 Å². The number of methoxy groups -OCH3 is 1. The molecule has 6 amide bonds. The zero-order valence-corrected chi connectivity index (χ0v) is 57.2. The molecule has 1 aliphatic rings. The lowest BCUT2D eigenvalue weighted by Gasteiger charge is -2.23. The summed E-state index contributed by atoms with van der Waals surface area (Å²) in [4.78, 5) is 154. The van der Waals surface area contributed by atoms with Crippen LogP contribution < -0.4 is 31.5 Å². The van der Waals surface area contributed by atoms with E-state index >= 15 is 0 Å². The summed E-state index contributed by atoms with van der Waals surface area (Å²) in [6, 6.07) is 9.08. The zero-order valence-electron chi connectivity index (χ0n) is 52.3. The van der Waals surface area contributed by atoms with Crippen LogP contribution in [0.4, 0.5) is 10.6 Å². The standard InChI is InChI=1S/C62H67N13O15S6/c1-30(2)47-61-74-50(40(96-61)25-89-5)54(86)64-23-43(77)71-51(52(84)33-14-7-6-8-15-33)60-69-39(28-93-60)58-67-37(26-92-58)49-34(56-68-38(27-91-56)53(85)66-36(22-42(76)63-4)59-73-48(31(3)95-59)55(87)72-47)18-19-35(65-49)57-70-41(29-94-57)75(20-12-11-17-45(80)81)62(88)90-24-32(21-46(82)83)13-9-10-16-44(78)79/h6-8,14-15,18-19,26-30,32,36,47,51-52,84H,9-13,16-17,20-25H2,1-5H3,(H,63,76)(H,64,86)(H,66,85)(H,71,77)(H,72,87)(H,78,79)(H,80,81)(H,82,83)/t32?,36-,47?,51-,52-/m0/s1. The van der Waals surface area contributed by atoms with Gasteiger partial charge in [0.1, 0.15) is 82.2 Å². The zero-order chi connectivity index (χ0) is 68.7. The first-order valence-corrected chi connectivity index (χ1v) is 35.3. The minimum Gasteiger partial charge on any atom is -0.481 e. The van der Waals surface area contributed by atoms with Crippen molar-refractivity contribution in [3.8, 4) is 43.4 Å². The summed E-state index contributed by atoms with van der Waals surface area (Å²) < 4.78 is 11.2. The molecule has 2 unspecified atom stereocenters. The Labute approximate surface area is 573 Å². The first-order chi connectivity index (χ1) is 46.1. The Kier molecular flexibility index (Phi) is 24.7. The molecule has 9 rings (SSSR count). The van der Waals surface area contributed by atoms with E-state index in [0.717, 1.165) is 56.7 Å². The highest BCUT2D eigenvalue weighted by Gasteiger charge is 2.34. The molecule has 7 aromatic heterocycles. The van der Waals surface area contributed by atoms with Crippen LogP contribution in [0.3, 0.4) is 0 Å². The van der Waals surface area contributed by atoms with Crippen LogP contribution in [-0.4, -0.2) is 143 Å². The number of hydrogen-bond acceptors (Lipinski definition) is 25. The third-order valence-corrected chi connectivity index (χ3v) is 20.6. The number of anilines is 1. The Balaban J connectivity index is 1.10. The Morgan fingerprint density at radius 3 is 2.07 bits per heavy atom. The van der Waals surface area contributed by atoms with Crippen LogP contribution >= 0.6 is 68.0 Å². The van der Waals surface area contributed by atoms with Gasteiger partial charge in [0.25, 0.3) is 17.7 Å². The van der Waals surface area contributed by atoms with Crippen LogP contribution in [0.25, 0.3) is 43.4 Å². The molecule has 0 spiro atoms. The van der Waals surface area contributed by atoms with Gasteiger partial charge >= 0.3 is 24.0 Å². The van der Waals surface area contributed by atoms with Crippen molar-refractivity contribution < 1.29 is 73.1 Å². The van der Waals surface area contributed by atoms with Gasteiger partial charge in [0.05, 0.1) is 55.3 Å². The van der Waals surface area contributed by atoms with Gasteiger partial charge in [-0.15, -0.1) is 68.0 Å². The molecule has 96 heavy (non-hydrogen) atoms. The number of amides is 6. The summed E-state index contributed by atoms with van der Waals surface area (Å²) in [5.41, 5.74) is 2.09. The average molecular weight is 1430 g/mol. The molecular weight excluding hydrogens is 1360 g/mol. The van der Waals surface area contributed by atoms with Gasteiger partial charge in [0, 0.05) is 71.4 Å². The van der Waals surface area contributed by atoms with Gasteiger partial charge in [0.15, 0.2) is 0 Å². The number of aliphatic hydroxyl groups excluding tert-OH is 1. The van der Waals surface area contributed by atoms with E-state index in [9.17, 15) is 58.5 Å². The van der Waals surface area contributed by atoms with Crippen LogP contribution in [-0.2, 0) is 40.1 Å². The number of nitrogens with one attached hydrogen (secondary N) is 5. The Bertz CT molecular complexity index is 4130. The molecule has 8 heterocycles. The molecule has 9 N–H and O–H groups in total. The van der Waals surface area contributed by atoms with Gasteiger partial charge in [-0.3, -0.25) is 43.3 Å². The third-order valence-electron chi connectivity index (χ3n) is 14.9. The van der Waals surface area contributed by atoms with Crippen LogP contribution in [0.1, 0.15) is 158 Å². The van der Waals surface area contributed by atoms with E-state index in [-0.39, 0.29) is 104 Å². The van der Waals surface area contributed by atoms with Crippen LogP contribution in [0, 0.1) is 18.8 Å². The van der Waals surface area contributed by atoms with E-state index in [1.54, 1.807) is 65.5 Å². The third kappa shape index (κ3) is 18.4. The number of aliphatic carboxylic acids is 3. The fourth-order valence-corrected chi connectivity index (χ4v) is 15.6. The quantitative estimate of drug-likeness (QED) is 0.0269. The van der Waals surface area contributed by atoms with Crippen molar-refractivity contribution in [2.45, 2.75) is 109 Å². The number of pyridine rings is 1. The van der Waals surface area contributed by atoms with Gasteiger partial charge in [-0.1, -0.05) is 50.6 Å². The molecule has 28 nitrogen and oxygen atoms in total. The summed E-state index contributed by atoms with van der Waals surface area (Å²) >= 11 is 6.85. The smallest absolute Gasteiger partial charge is 0.415 e. The number of hydrogen-bond donors (Lipinski definition) is 9. The number of unbranched alkanes of at least 4 members (excludes halogenated alkanes) is 2. The minimum atomic E-state index is -1.33. The van der Waals surface area contributed by atoms with E-state index in [0.29, 0.717) is 75.8 Å². The number of carbonyl (C=O) groups excluding carboxylic acids is 6. The SMILES string of the molecule is CNC(=O)C[C@@H]1NC(=O)c2csc(n2)-c2ccc(-c3nc(N(CCCCC(=O)O)C(=O)OCC(CCCCC(=O)O)CC(=O)O)cs3)nc2-c2csc(n2)-c2csc(n2)[C@H]([C@@H](O)c2ccccc2)NC(=O)CNC(=O)c2nc(sc2COC)C(C(C)C)NC(=O)c2nc1sc2C. The van der Waals surface area contributed by atoms with Gasteiger partial charge in [-0.2, -0.15) is 0 Å². The molecule has 0 fully saturated rings. The first kappa shape index (κ1) is 71.4. The minimum absolute atomic E-state index is 0.0244. The van der Waals surface area contributed by atoms with Crippen molar-refractivity contribution in [2.24, 2.45) is 11.8 Å². The summed E-state index contributed by atoms with van der Waals surface area (Å²) in [6.45, 7) is 4.51. The van der Waals surface area contributed by atoms with Crippen molar-refractivity contribution in [3.63, 3.8) is 0 Å². The molecule has 8 aromatic rings. The highest BCUT2D eigenvalue weighted by atomic mass is 32.1. The molecule has 1 aromatic carbocycles. The Hall–Kier alpha value is -8.90. The lowest BCUT2D eigenvalue weighted by Crippen LogP contribution is -2.40. The molecule has 0 radical (unpaired) electrons. The summed E-state index contributed by atoms with van der Waals surface area (Å²) in [7, 11) is 2.90. The number of benzene rings is 1. The Morgan fingerprint density at radius 2 is 1.35 bits per heavy atom. The number of nitrogens with zero attached hydrogens (tertiary/aromatic N) is 8. The van der Waals surface area contributed by atoms with Gasteiger partial charge in [0.2, 0.25) is 11.8 Å². The lowest BCUT2D eigenvalue weighted by atomic mass is 9.98. The fraction of sp³-hybridized carbons (Fsp3) is 0.387. The average Bonchev–Trinajstić information content (AvgIpc) is 1.60. The summed E-state index contributed by atoms with van der Waals surface area (Å²) in [6.07, 6.45) is -1.69. The highest BCUT2D eigenvalue weighted by molar-refractivity contribution is 7.15. The molecule has 0 aliphatic carbocycles. The predicted octanol–water partition coefficient (Wildman–Crippen LogP) is 9.25. The molecule has 0 saturated carbocycles. The molecule has 5 atom stereocenters. The number of aromatic nitrogens is 7. The van der Waals surface area contributed by atoms with Gasteiger partial charge in [-0.25, -0.2) is 39.7 Å². The normalized spacial score (nSPS) is 15.9. The number of rotatable bonds is 23. The monoisotopic (exact) mass is 1430 g/mol. The molecule has 10 bridgehead atoms. The number of ether oxygens (including phenoxy) is 2. The highest BCUT2D eigenvalue weighted by Crippen LogP contribution is 2.41. The number of carboxylic acids is 3. The van der Waals surface area contributed by atoms with Crippen molar-refractivity contribution in [1.29, 1.82) is 0 Å². The molecule has 506 valence electrons. The predicted molar refractivity (Wildman–Crippen MR) is 359 cm³/mol. The van der Waals surface area contributed by atoms with E-state index in [2.05, 4.69) is 36.6 Å². The molecular formula is C62H67N13O15S6. The van der Waals surface area contributed by atoms with Crippen molar-refractivity contribution >= 4 is 127 Å². The lowest BCUT2D eigenvalue weighted by molar-refractivity contribution is -0.139. The van der Waals surface area contributed by atoms with Crippen molar-refractivity contribution in [3.05, 3.63) is 111 Å². The van der Waals surface area contributed by atoms with E-state index < -0.39 is 90.2 Å². The fourth-order valence-electron chi connectivity index (χ4n) is 10.0. The maximum absolute atomic E-state index is 14.4. The molecule has 0 saturated heterocycles. The van der Waals surface area contributed by atoms with Gasteiger partial charge < -0.3 is 56.5 Å². The first-order valence-electron chi connectivity index (χ1n) is 30.1. The maximum Gasteiger partial charge on any atom is 0.415 e. The molecule has 34 heteroatoms. The number of carboxylic acid groups (broad SMARTS) is 3. The summed E-state index contributed by atoms with van der Waals surface area (Å²) in [5, 5.41) is 62.7. The second-order valence-electron chi connectivity index (χ2n) is 22.3. The number of aliphatic hydroxyl groups is 1. The van der Waals surface area contributed by atoms with Crippen LogP contribution in [0.5, 0.6) is 0 Å². The number of thiazole rings is 6. The largest absolute Gasteiger partial charge is 0.481 e. The topological polar surface area (TPSA) is 407 Å². The van der Waals surface area contributed by atoms with E-state index in [4.69, 9.17) is 39.5 Å². The van der Waals surface area contributed by atoms with Crippen LogP contribution in [0.2, 0.25) is 0 Å². The van der Waals surface area contributed by atoms with E-state index in [1.165, 1.54) is 35.8 Å². The number of fused-ring (bicyclic) bond motifs is 14. The molecule has 1 aliphatic heterocycles. The second kappa shape index (κ2) is 33.2. The van der Waals surface area contributed by atoms with Crippen LogP contribution in [0.15, 0.2) is 64.0 Å². The maximum atomic E-state index is 14.4. The van der Waals surface area contributed by atoms with Crippen molar-refractivity contribution in [2.75, 3.05) is 38.8 Å².